The topological polar surface area (TPSA) is 30.0 Å². The molecule has 0 fully saturated rings. The summed E-state index contributed by atoms with van der Waals surface area (Å²) in [5, 5.41) is 2.33. The summed E-state index contributed by atoms with van der Waals surface area (Å²) < 4.78 is 0. The van der Waals surface area contributed by atoms with Gasteiger partial charge in [0.25, 0.3) is 0 Å². The van der Waals surface area contributed by atoms with E-state index in [0.29, 0.717) is 10.6 Å². The first-order valence-corrected chi connectivity index (χ1v) is 7.17. The summed E-state index contributed by atoms with van der Waals surface area (Å²) in [6, 6.07) is 13.3. The minimum Gasteiger partial charge on any atom is -0.298 e. The van der Waals surface area contributed by atoms with Gasteiger partial charge >= 0.3 is 0 Å². The number of benzene rings is 2. The minimum atomic E-state index is 0.193. The van der Waals surface area contributed by atoms with Crippen molar-refractivity contribution >= 4 is 40.3 Å². The Bertz CT molecular complexity index is 859. The van der Waals surface area contributed by atoms with E-state index in [-0.39, 0.29) is 5.15 Å². The maximum atomic E-state index is 11.3. The minimum absolute atomic E-state index is 0.193. The Labute approximate surface area is 132 Å². The summed E-state index contributed by atoms with van der Waals surface area (Å²) >= 11 is 12.2. The number of hydrogen-bond donors (Lipinski definition) is 0. The molecule has 0 amide bonds. The van der Waals surface area contributed by atoms with E-state index in [4.69, 9.17) is 23.2 Å². The Morgan fingerprint density at radius 3 is 2.52 bits per heavy atom. The lowest BCUT2D eigenvalue weighted by Crippen LogP contribution is -1.95. The van der Waals surface area contributed by atoms with E-state index in [2.05, 4.69) is 4.98 Å². The van der Waals surface area contributed by atoms with Crippen LogP contribution in [0.2, 0.25) is 10.2 Å². The second-order valence-electron chi connectivity index (χ2n) is 4.79. The number of carbonyl (C=O) groups excluding carboxylic acids is 1. The molecule has 0 saturated heterocycles. The first-order chi connectivity index (χ1) is 10.1. The molecule has 0 spiro atoms. The average molecular weight is 316 g/mol. The molecule has 4 heteroatoms. The number of halogens is 2. The molecule has 0 saturated carbocycles. The molecule has 2 nitrogen and oxygen atoms in total. The smallest absolute Gasteiger partial charge is 0.153 e. The molecule has 104 valence electrons. The molecule has 0 N–H and O–H groups in total. The van der Waals surface area contributed by atoms with Gasteiger partial charge in [0.15, 0.2) is 6.29 Å². The number of nitrogens with zero attached hydrogens (tertiary/aromatic N) is 1. The van der Waals surface area contributed by atoms with Crippen molar-refractivity contribution in [3.05, 3.63) is 63.8 Å². The van der Waals surface area contributed by atoms with E-state index < -0.39 is 0 Å². The van der Waals surface area contributed by atoms with Crippen LogP contribution < -0.4 is 0 Å². The summed E-state index contributed by atoms with van der Waals surface area (Å²) in [5.41, 5.74) is 3.21. The van der Waals surface area contributed by atoms with Crippen LogP contribution in [0.1, 0.15) is 15.9 Å². The summed E-state index contributed by atoms with van der Waals surface area (Å²) in [5.74, 6) is 0. The first kappa shape index (κ1) is 14.1. The van der Waals surface area contributed by atoms with Crippen molar-refractivity contribution in [2.45, 2.75) is 6.92 Å². The van der Waals surface area contributed by atoms with Crippen LogP contribution in [0.15, 0.2) is 42.5 Å². The molecule has 0 aliphatic rings. The number of hydrogen-bond acceptors (Lipinski definition) is 2. The van der Waals surface area contributed by atoms with Crippen molar-refractivity contribution in [2.75, 3.05) is 0 Å². The molecule has 0 aliphatic heterocycles. The van der Waals surface area contributed by atoms with E-state index in [9.17, 15) is 4.79 Å². The zero-order valence-electron chi connectivity index (χ0n) is 11.2. The van der Waals surface area contributed by atoms with Crippen molar-refractivity contribution < 1.29 is 4.79 Å². The maximum Gasteiger partial charge on any atom is 0.153 e. The van der Waals surface area contributed by atoms with Gasteiger partial charge in [0.05, 0.1) is 11.3 Å². The standard InChI is InChI=1S/C17H11Cl2NO/c1-10-4-2-3-5-12(10)16-13-7-6-11(18)8-14(13)15(9-21)17(19)20-16/h2-9H,1H3. The second kappa shape index (κ2) is 5.47. The molecule has 1 aromatic heterocycles. The molecule has 2 aromatic carbocycles. The van der Waals surface area contributed by atoms with Gasteiger partial charge in [-0.1, -0.05) is 53.5 Å². The number of fused-ring (bicyclic) bond motifs is 1. The quantitative estimate of drug-likeness (QED) is 0.472. The highest BCUT2D eigenvalue weighted by atomic mass is 35.5. The maximum absolute atomic E-state index is 11.3. The molecule has 0 radical (unpaired) electrons. The zero-order chi connectivity index (χ0) is 15.0. The number of pyridine rings is 1. The Kier molecular flexibility index (Phi) is 3.66. The molecular weight excluding hydrogens is 305 g/mol. The fraction of sp³-hybridized carbons (Fsp3) is 0.0588. The van der Waals surface area contributed by atoms with Crippen molar-refractivity contribution in [3.8, 4) is 11.3 Å². The molecule has 3 rings (SSSR count). The number of aromatic nitrogens is 1. The van der Waals surface area contributed by atoms with Crippen LogP contribution in [-0.4, -0.2) is 11.3 Å². The summed E-state index contributed by atoms with van der Waals surface area (Å²) in [6.07, 6.45) is 0.718. The van der Waals surface area contributed by atoms with E-state index >= 15 is 0 Å². The van der Waals surface area contributed by atoms with Crippen LogP contribution in [0, 0.1) is 6.92 Å². The van der Waals surface area contributed by atoms with E-state index in [1.807, 2.05) is 37.3 Å². The molecule has 1 heterocycles. The van der Waals surface area contributed by atoms with Gasteiger partial charge in [0, 0.05) is 16.0 Å². The van der Waals surface area contributed by atoms with Gasteiger partial charge in [-0.05, 0) is 30.0 Å². The normalized spacial score (nSPS) is 10.8. The second-order valence-corrected chi connectivity index (χ2v) is 5.58. The largest absolute Gasteiger partial charge is 0.298 e. The van der Waals surface area contributed by atoms with Gasteiger partial charge in [0.1, 0.15) is 5.15 Å². The summed E-state index contributed by atoms with van der Waals surface area (Å²) in [4.78, 5) is 15.7. The monoisotopic (exact) mass is 315 g/mol. The highest BCUT2D eigenvalue weighted by Gasteiger charge is 2.15. The number of carbonyl (C=O) groups is 1. The van der Waals surface area contributed by atoms with Crippen molar-refractivity contribution in [3.63, 3.8) is 0 Å². The lowest BCUT2D eigenvalue weighted by Gasteiger charge is -2.12. The lowest BCUT2D eigenvalue weighted by molar-refractivity contribution is 0.112. The predicted octanol–water partition coefficient (Wildman–Crippen LogP) is 5.33. The van der Waals surface area contributed by atoms with Gasteiger partial charge in [-0.25, -0.2) is 4.98 Å². The van der Waals surface area contributed by atoms with E-state index in [1.54, 1.807) is 12.1 Å². The van der Waals surface area contributed by atoms with Gasteiger partial charge in [-0.15, -0.1) is 0 Å². The van der Waals surface area contributed by atoms with Gasteiger partial charge < -0.3 is 0 Å². The predicted molar refractivity (Wildman–Crippen MR) is 87.3 cm³/mol. The van der Waals surface area contributed by atoms with Crippen LogP contribution in [0.3, 0.4) is 0 Å². The number of aryl methyl sites for hydroxylation is 1. The van der Waals surface area contributed by atoms with Gasteiger partial charge in [0.2, 0.25) is 0 Å². The molecule has 0 atom stereocenters. The summed E-state index contributed by atoms with van der Waals surface area (Å²) in [7, 11) is 0. The molecule has 0 unspecified atom stereocenters. The first-order valence-electron chi connectivity index (χ1n) is 6.41. The van der Waals surface area contributed by atoms with Crippen LogP contribution in [0.4, 0.5) is 0 Å². The SMILES string of the molecule is Cc1ccccc1-c1nc(Cl)c(C=O)c2cc(Cl)ccc12. The van der Waals surface area contributed by atoms with Crippen LogP contribution in [0.5, 0.6) is 0 Å². The van der Waals surface area contributed by atoms with Gasteiger partial charge in [-0.2, -0.15) is 0 Å². The van der Waals surface area contributed by atoms with Crippen LogP contribution in [-0.2, 0) is 0 Å². The van der Waals surface area contributed by atoms with E-state index in [0.717, 1.165) is 33.9 Å². The molecule has 0 bridgehead atoms. The van der Waals surface area contributed by atoms with E-state index in [1.165, 1.54) is 0 Å². The fourth-order valence-corrected chi connectivity index (χ4v) is 2.83. The molecule has 0 aliphatic carbocycles. The highest BCUT2D eigenvalue weighted by molar-refractivity contribution is 6.35. The Morgan fingerprint density at radius 1 is 1.05 bits per heavy atom. The third-order valence-electron chi connectivity index (χ3n) is 3.48. The molecule has 3 aromatic rings. The Balaban J connectivity index is 2.45. The fourth-order valence-electron chi connectivity index (χ4n) is 2.43. The van der Waals surface area contributed by atoms with Gasteiger partial charge in [-0.3, -0.25) is 4.79 Å². The third kappa shape index (κ3) is 2.41. The Hall–Kier alpha value is -1.90. The van der Waals surface area contributed by atoms with Crippen molar-refractivity contribution in [1.29, 1.82) is 0 Å². The number of rotatable bonds is 2. The molecular formula is C17H11Cl2NO. The van der Waals surface area contributed by atoms with Crippen LogP contribution >= 0.6 is 23.2 Å². The molecule has 21 heavy (non-hydrogen) atoms. The number of aldehydes is 1. The summed E-state index contributed by atoms with van der Waals surface area (Å²) in [6.45, 7) is 2.01. The Morgan fingerprint density at radius 2 is 1.81 bits per heavy atom. The van der Waals surface area contributed by atoms with Crippen molar-refractivity contribution in [1.82, 2.24) is 4.98 Å². The lowest BCUT2D eigenvalue weighted by atomic mass is 9.98. The van der Waals surface area contributed by atoms with Crippen molar-refractivity contribution in [2.24, 2.45) is 0 Å². The highest BCUT2D eigenvalue weighted by Crippen LogP contribution is 2.34. The zero-order valence-corrected chi connectivity index (χ0v) is 12.7. The van der Waals surface area contributed by atoms with Crippen LogP contribution in [0.25, 0.3) is 22.0 Å². The third-order valence-corrected chi connectivity index (χ3v) is 4.00. The average Bonchev–Trinajstić information content (AvgIpc) is 2.47.